The maximum absolute atomic E-state index is 12.3. The van der Waals surface area contributed by atoms with E-state index < -0.39 is 0 Å². The Morgan fingerprint density at radius 3 is 2.52 bits per heavy atom. The van der Waals surface area contributed by atoms with Gasteiger partial charge in [-0.1, -0.05) is 36.6 Å². The fraction of sp³-hybridized carbons (Fsp3) is 0.562. The Kier molecular flexibility index (Phi) is 7.50. The molecule has 1 saturated carbocycles. The van der Waals surface area contributed by atoms with Gasteiger partial charge in [-0.15, -0.1) is 12.4 Å². The zero-order chi connectivity index (χ0) is 14.5. The van der Waals surface area contributed by atoms with Gasteiger partial charge in [0.05, 0.1) is 0 Å². The first-order chi connectivity index (χ1) is 9.56. The molecule has 2 unspecified atom stereocenters. The molecular formula is C16H24Cl2N2O. The maximum Gasteiger partial charge on any atom is 0.222 e. The molecule has 1 amide bonds. The largest absolute Gasteiger partial charge is 0.341 e. The highest BCUT2D eigenvalue weighted by Crippen LogP contribution is 2.26. The molecule has 0 spiro atoms. The third-order valence-electron chi connectivity index (χ3n) is 4.16. The van der Waals surface area contributed by atoms with E-state index in [-0.39, 0.29) is 24.4 Å². The number of halogens is 2. The summed E-state index contributed by atoms with van der Waals surface area (Å²) in [6, 6.07) is 7.81. The van der Waals surface area contributed by atoms with Crippen molar-refractivity contribution in [2.75, 3.05) is 7.05 Å². The lowest BCUT2D eigenvalue weighted by Gasteiger charge is -2.29. The second-order valence-corrected chi connectivity index (χ2v) is 6.23. The predicted molar refractivity (Wildman–Crippen MR) is 89.7 cm³/mol. The van der Waals surface area contributed by atoms with E-state index in [1.54, 1.807) is 4.90 Å². The van der Waals surface area contributed by atoms with Crippen LogP contribution in [0.25, 0.3) is 0 Å². The highest BCUT2D eigenvalue weighted by Gasteiger charge is 2.25. The van der Waals surface area contributed by atoms with Gasteiger partial charge in [0.1, 0.15) is 0 Å². The van der Waals surface area contributed by atoms with Crippen LogP contribution in [0.3, 0.4) is 0 Å². The normalized spacial score (nSPS) is 21.5. The molecule has 1 aliphatic carbocycles. The van der Waals surface area contributed by atoms with Crippen LogP contribution in [-0.2, 0) is 11.3 Å². The Morgan fingerprint density at radius 1 is 1.29 bits per heavy atom. The van der Waals surface area contributed by atoms with Crippen LogP contribution in [-0.4, -0.2) is 23.9 Å². The summed E-state index contributed by atoms with van der Waals surface area (Å²) in [5, 5.41) is 0.718. The van der Waals surface area contributed by atoms with Gasteiger partial charge in [0, 0.05) is 31.1 Å². The van der Waals surface area contributed by atoms with Crippen molar-refractivity contribution in [3.8, 4) is 0 Å². The van der Waals surface area contributed by atoms with Crippen molar-refractivity contribution in [1.82, 2.24) is 4.90 Å². The molecule has 0 aliphatic heterocycles. The summed E-state index contributed by atoms with van der Waals surface area (Å²) in [7, 11) is 1.85. The van der Waals surface area contributed by atoms with Crippen LogP contribution >= 0.6 is 24.0 Å². The van der Waals surface area contributed by atoms with Crippen molar-refractivity contribution in [3.05, 3.63) is 34.9 Å². The molecule has 21 heavy (non-hydrogen) atoms. The number of benzene rings is 1. The molecule has 0 bridgehead atoms. The van der Waals surface area contributed by atoms with E-state index in [1.165, 1.54) is 12.8 Å². The standard InChI is InChI=1S/C16H23ClN2O.ClH/c1-19(11-12-6-8-14(17)9-7-12)16(20)10-13-4-2-3-5-15(13)18;/h6-9,13,15H,2-5,10-11,18H2,1H3;1H. The molecule has 2 N–H and O–H groups in total. The Bertz CT molecular complexity index is 450. The molecule has 0 aromatic heterocycles. The van der Waals surface area contributed by atoms with Crippen molar-refractivity contribution < 1.29 is 4.79 Å². The molecule has 0 radical (unpaired) electrons. The molecule has 2 rings (SSSR count). The number of amides is 1. The molecule has 0 heterocycles. The van der Waals surface area contributed by atoms with Crippen LogP contribution < -0.4 is 5.73 Å². The summed E-state index contributed by atoms with van der Waals surface area (Å²) in [5.41, 5.74) is 7.21. The van der Waals surface area contributed by atoms with Crippen molar-refractivity contribution >= 4 is 29.9 Å². The molecule has 1 fully saturated rings. The lowest BCUT2D eigenvalue weighted by Crippen LogP contribution is -2.37. The Labute approximate surface area is 138 Å². The van der Waals surface area contributed by atoms with Crippen LogP contribution in [0, 0.1) is 5.92 Å². The van der Waals surface area contributed by atoms with Gasteiger partial charge in [0.2, 0.25) is 5.91 Å². The lowest BCUT2D eigenvalue weighted by molar-refractivity contribution is -0.131. The van der Waals surface area contributed by atoms with Crippen molar-refractivity contribution in [2.24, 2.45) is 11.7 Å². The van der Waals surface area contributed by atoms with Crippen LogP contribution in [0.5, 0.6) is 0 Å². The minimum Gasteiger partial charge on any atom is -0.341 e. The molecule has 1 aromatic carbocycles. The van der Waals surface area contributed by atoms with Crippen LogP contribution in [0.1, 0.15) is 37.7 Å². The van der Waals surface area contributed by atoms with Crippen LogP contribution in [0.2, 0.25) is 5.02 Å². The van der Waals surface area contributed by atoms with Gasteiger partial charge in [0.25, 0.3) is 0 Å². The smallest absolute Gasteiger partial charge is 0.222 e. The van der Waals surface area contributed by atoms with Gasteiger partial charge in [0.15, 0.2) is 0 Å². The molecule has 1 aromatic rings. The SMILES string of the molecule is CN(Cc1ccc(Cl)cc1)C(=O)CC1CCCCC1N.Cl. The van der Waals surface area contributed by atoms with Crippen molar-refractivity contribution in [3.63, 3.8) is 0 Å². The summed E-state index contributed by atoms with van der Waals surface area (Å²) in [4.78, 5) is 14.1. The number of rotatable bonds is 4. The van der Waals surface area contributed by atoms with Gasteiger partial charge in [-0.05, 0) is 36.5 Å². The average Bonchev–Trinajstić information content (AvgIpc) is 2.44. The fourth-order valence-corrected chi connectivity index (χ4v) is 2.95. The topological polar surface area (TPSA) is 46.3 Å². The van der Waals surface area contributed by atoms with E-state index in [0.29, 0.717) is 18.9 Å². The first kappa shape index (κ1) is 18.3. The van der Waals surface area contributed by atoms with E-state index in [0.717, 1.165) is 23.4 Å². The van der Waals surface area contributed by atoms with Gasteiger partial charge < -0.3 is 10.6 Å². The van der Waals surface area contributed by atoms with Crippen molar-refractivity contribution in [1.29, 1.82) is 0 Å². The van der Waals surface area contributed by atoms with Crippen LogP contribution in [0.4, 0.5) is 0 Å². The number of hydrogen-bond acceptors (Lipinski definition) is 2. The molecule has 2 atom stereocenters. The van der Waals surface area contributed by atoms with Crippen LogP contribution in [0.15, 0.2) is 24.3 Å². The van der Waals surface area contributed by atoms with Gasteiger partial charge in [-0.25, -0.2) is 0 Å². The molecule has 5 heteroatoms. The lowest BCUT2D eigenvalue weighted by atomic mass is 9.83. The monoisotopic (exact) mass is 330 g/mol. The predicted octanol–water partition coefficient (Wildman–Crippen LogP) is 3.63. The van der Waals surface area contributed by atoms with Crippen molar-refractivity contribution in [2.45, 2.75) is 44.7 Å². The third-order valence-corrected chi connectivity index (χ3v) is 4.42. The molecular weight excluding hydrogens is 307 g/mol. The quantitative estimate of drug-likeness (QED) is 0.916. The van der Waals surface area contributed by atoms with Gasteiger partial charge in [-0.2, -0.15) is 0 Å². The Hall–Kier alpha value is -0.770. The van der Waals surface area contributed by atoms with E-state index in [2.05, 4.69) is 0 Å². The average molecular weight is 331 g/mol. The third kappa shape index (κ3) is 5.50. The van der Waals surface area contributed by atoms with Gasteiger partial charge >= 0.3 is 0 Å². The number of nitrogens with zero attached hydrogens (tertiary/aromatic N) is 1. The fourth-order valence-electron chi connectivity index (χ4n) is 2.82. The second kappa shape index (κ2) is 8.62. The first-order valence-corrected chi connectivity index (χ1v) is 7.68. The summed E-state index contributed by atoms with van der Waals surface area (Å²) in [5.74, 6) is 0.534. The number of carbonyl (C=O) groups excluding carboxylic acids is 1. The number of hydrogen-bond donors (Lipinski definition) is 1. The highest BCUT2D eigenvalue weighted by atomic mass is 35.5. The van der Waals surface area contributed by atoms with Gasteiger partial charge in [-0.3, -0.25) is 4.79 Å². The first-order valence-electron chi connectivity index (χ1n) is 7.30. The van der Waals surface area contributed by atoms with E-state index in [4.69, 9.17) is 17.3 Å². The Morgan fingerprint density at radius 2 is 1.90 bits per heavy atom. The summed E-state index contributed by atoms with van der Waals surface area (Å²) >= 11 is 5.86. The highest BCUT2D eigenvalue weighted by molar-refractivity contribution is 6.30. The second-order valence-electron chi connectivity index (χ2n) is 5.79. The van der Waals surface area contributed by atoms with E-state index in [9.17, 15) is 4.79 Å². The van der Waals surface area contributed by atoms with E-state index >= 15 is 0 Å². The summed E-state index contributed by atoms with van der Waals surface area (Å²) in [6.07, 6.45) is 5.12. The maximum atomic E-state index is 12.3. The number of nitrogens with two attached hydrogens (primary N) is 1. The minimum absolute atomic E-state index is 0. The summed E-state index contributed by atoms with van der Waals surface area (Å²) in [6.45, 7) is 0.623. The minimum atomic E-state index is 0. The zero-order valence-electron chi connectivity index (χ0n) is 12.4. The summed E-state index contributed by atoms with van der Waals surface area (Å²) < 4.78 is 0. The molecule has 0 saturated heterocycles. The molecule has 118 valence electrons. The Balaban J connectivity index is 0.00000220. The number of carbonyl (C=O) groups is 1. The molecule has 3 nitrogen and oxygen atoms in total. The van der Waals surface area contributed by atoms with E-state index in [1.807, 2.05) is 31.3 Å². The molecule has 1 aliphatic rings. The zero-order valence-corrected chi connectivity index (χ0v) is 14.0.